The number of furan rings is 1. The third-order valence-electron chi connectivity index (χ3n) is 4.17. The second kappa shape index (κ2) is 7.70. The summed E-state index contributed by atoms with van der Waals surface area (Å²) in [4.78, 5) is 26.8. The van der Waals surface area contributed by atoms with Crippen molar-refractivity contribution >= 4 is 17.5 Å². The van der Waals surface area contributed by atoms with E-state index in [0.29, 0.717) is 17.8 Å². The monoisotopic (exact) mass is 348 g/mol. The lowest BCUT2D eigenvalue weighted by Gasteiger charge is -2.20. The highest BCUT2D eigenvalue weighted by atomic mass is 16.3. The van der Waals surface area contributed by atoms with Gasteiger partial charge in [0.15, 0.2) is 5.76 Å². The molecule has 3 aromatic rings. The normalized spacial score (nSPS) is 10.4. The van der Waals surface area contributed by atoms with Crippen LogP contribution in [0.25, 0.3) is 0 Å². The van der Waals surface area contributed by atoms with Gasteiger partial charge in [-0.3, -0.25) is 9.59 Å². The van der Waals surface area contributed by atoms with Crippen molar-refractivity contribution < 1.29 is 14.0 Å². The standard InChI is InChI=1S/C21H20N2O3/c1-15-8-3-4-9-16(15)14-23(2)21(25)17-10-5-6-11-18(17)22-20(24)19-12-7-13-26-19/h3-13H,14H2,1-2H3,(H,22,24). The lowest BCUT2D eigenvalue weighted by atomic mass is 10.1. The fourth-order valence-electron chi connectivity index (χ4n) is 2.69. The quantitative estimate of drug-likeness (QED) is 0.755. The summed E-state index contributed by atoms with van der Waals surface area (Å²) in [6, 6.07) is 18.1. The lowest BCUT2D eigenvalue weighted by molar-refractivity contribution is 0.0786. The minimum absolute atomic E-state index is 0.163. The van der Waals surface area contributed by atoms with Crippen LogP contribution < -0.4 is 5.32 Å². The van der Waals surface area contributed by atoms with Crippen LogP contribution in [0, 0.1) is 6.92 Å². The van der Waals surface area contributed by atoms with Gasteiger partial charge in [0.2, 0.25) is 0 Å². The number of benzene rings is 2. The van der Waals surface area contributed by atoms with Crippen LogP contribution in [0.15, 0.2) is 71.3 Å². The molecule has 0 unspecified atom stereocenters. The van der Waals surface area contributed by atoms with Crippen LogP contribution in [-0.2, 0) is 6.54 Å². The van der Waals surface area contributed by atoms with Crippen molar-refractivity contribution in [1.82, 2.24) is 4.90 Å². The highest BCUT2D eigenvalue weighted by Crippen LogP contribution is 2.20. The zero-order chi connectivity index (χ0) is 18.5. The highest BCUT2D eigenvalue weighted by molar-refractivity contribution is 6.07. The molecule has 1 aromatic heterocycles. The average Bonchev–Trinajstić information content (AvgIpc) is 3.18. The zero-order valence-corrected chi connectivity index (χ0v) is 14.7. The number of anilines is 1. The molecule has 0 bridgehead atoms. The Morgan fingerprint density at radius 3 is 2.46 bits per heavy atom. The van der Waals surface area contributed by atoms with Gasteiger partial charge in [0.05, 0.1) is 17.5 Å². The third kappa shape index (κ3) is 3.83. The molecule has 132 valence electrons. The first-order valence-corrected chi connectivity index (χ1v) is 8.30. The molecular weight excluding hydrogens is 328 g/mol. The molecular formula is C21H20N2O3. The largest absolute Gasteiger partial charge is 0.459 e. The van der Waals surface area contributed by atoms with Crippen LogP contribution in [0.1, 0.15) is 32.0 Å². The summed E-state index contributed by atoms with van der Waals surface area (Å²) in [5, 5.41) is 2.74. The first kappa shape index (κ1) is 17.5. The Kier molecular flexibility index (Phi) is 5.17. The summed E-state index contributed by atoms with van der Waals surface area (Å²) in [6.07, 6.45) is 1.43. The molecule has 0 fully saturated rings. The first-order chi connectivity index (χ1) is 12.6. The molecule has 3 rings (SSSR count). The molecule has 0 saturated heterocycles. The molecule has 0 saturated carbocycles. The minimum Gasteiger partial charge on any atom is -0.459 e. The van der Waals surface area contributed by atoms with E-state index in [-0.39, 0.29) is 11.7 Å². The van der Waals surface area contributed by atoms with Gasteiger partial charge in [-0.15, -0.1) is 0 Å². The number of hydrogen-bond acceptors (Lipinski definition) is 3. The van der Waals surface area contributed by atoms with E-state index in [4.69, 9.17) is 4.42 Å². The molecule has 1 heterocycles. The van der Waals surface area contributed by atoms with Gasteiger partial charge >= 0.3 is 0 Å². The smallest absolute Gasteiger partial charge is 0.291 e. The number of rotatable bonds is 5. The summed E-state index contributed by atoms with van der Waals surface area (Å²) < 4.78 is 5.10. The second-order valence-corrected chi connectivity index (χ2v) is 6.06. The van der Waals surface area contributed by atoms with Crippen LogP contribution in [0.3, 0.4) is 0 Å². The molecule has 0 atom stereocenters. The summed E-state index contributed by atoms with van der Waals surface area (Å²) >= 11 is 0. The van der Waals surface area contributed by atoms with E-state index in [2.05, 4.69) is 5.32 Å². The number of hydrogen-bond donors (Lipinski definition) is 1. The van der Waals surface area contributed by atoms with Gasteiger partial charge in [0.1, 0.15) is 0 Å². The molecule has 0 aliphatic rings. The molecule has 5 heteroatoms. The molecule has 0 spiro atoms. The Morgan fingerprint density at radius 1 is 1.00 bits per heavy atom. The van der Waals surface area contributed by atoms with Gasteiger partial charge in [-0.25, -0.2) is 0 Å². The van der Waals surface area contributed by atoms with Crippen molar-refractivity contribution in [3.8, 4) is 0 Å². The Hall–Kier alpha value is -3.34. The second-order valence-electron chi connectivity index (χ2n) is 6.06. The SMILES string of the molecule is Cc1ccccc1CN(C)C(=O)c1ccccc1NC(=O)c1ccco1. The molecule has 5 nitrogen and oxygen atoms in total. The van der Waals surface area contributed by atoms with Crippen LogP contribution in [-0.4, -0.2) is 23.8 Å². The predicted octanol–water partition coefficient (Wildman–Crippen LogP) is 4.11. The number of amides is 2. The summed E-state index contributed by atoms with van der Waals surface area (Å²) in [7, 11) is 1.75. The minimum atomic E-state index is -0.392. The molecule has 2 amide bonds. The number of carbonyl (C=O) groups is 2. The maximum Gasteiger partial charge on any atom is 0.291 e. The molecule has 1 N–H and O–H groups in total. The molecule has 0 aliphatic carbocycles. The van der Waals surface area contributed by atoms with Gasteiger partial charge in [0.25, 0.3) is 11.8 Å². The van der Waals surface area contributed by atoms with Gasteiger partial charge in [-0.05, 0) is 42.3 Å². The number of aryl methyl sites for hydroxylation is 1. The van der Waals surface area contributed by atoms with Crippen molar-refractivity contribution in [2.75, 3.05) is 12.4 Å². The molecule has 0 radical (unpaired) electrons. The Labute approximate surface area is 152 Å². The summed E-state index contributed by atoms with van der Waals surface area (Å²) in [6.45, 7) is 2.51. The average molecular weight is 348 g/mol. The number of carbonyl (C=O) groups excluding carboxylic acids is 2. The van der Waals surface area contributed by atoms with Gasteiger partial charge < -0.3 is 14.6 Å². The van der Waals surface area contributed by atoms with Gasteiger partial charge in [-0.2, -0.15) is 0 Å². The summed E-state index contributed by atoms with van der Waals surface area (Å²) in [5.74, 6) is -0.360. The Balaban J connectivity index is 1.79. The van der Waals surface area contributed by atoms with E-state index < -0.39 is 5.91 Å². The Bertz CT molecular complexity index is 917. The fraction of sp³-hybridized carbons (Fsp3) is 0.143. The van der Waals surface area contributed by atoms with Crippen molar-refractivity contribution in [3.63, 3.8) is 0 Å². The topological polar surface area (TPSA) is 62.6 Å². The third-order valence-corrected chi connectivity index (χ3v) is 4.17. The maximum atomic E-state index is 12.9. The molecule has 2 aromatic carbocycles. The Morgan fingerprint density at radius 2 is 1.73 bits per heavy atom. The fourth-order valence-corrected chi connectivity index (χ4v) is 2.69. The van der Waals surface area contributed by atoms with Gasteiger partial charge in [0, 0.05) is 13.6 Å². The van der Waals surface area contributed by atoms with Crippen LogP contribution >= 0.6 is 0 Å². The van der Waals surface area contributed by atoms with Gasteiger partial charge in [-0.1, -0.05) is 36.4 Å². The van der Waals surface area contributed by atoms with E-state index in [0.717, 1.165) is 11.1 Å². The van der Waals surface area contributed by atoms with Crippen molar-refractivity contribution in [2.24, 2.45) is 0 Å². The number of nitrogens with zero attached hydrogens (tertiary/aromatic N) is 1. The number of para-hydroxylation sites is 1. The summed E-state index contributed by atoms with van der Waals surface area (Å²) in [5.41, 5.74) is 3.10. The van der Waals surface area contributed by atoms with Crippen molar-refractivity contribution in [1.29, 1.82) is 0 Å². The van der Waals surface area contributed by atoms with E-state index in [1.807, 2.05) is 31.2 Å². The molecule has 26 heavy (non-hydrogen) atoms. The van der Waals surface area contributed by atoms with Crippen molar-refractivity contribution in [2.45, 2.75) is 13.5 Å². The molecule has 0 aliphatic heterocycles. The van der Waals surface area contributed by atoms with Crippen molar-refractivity contribution in [3.05, 3.63) is 89.4 Å². The number of nitrogens with one attached hydrogen (secondary N) is 1. The van der Waals surface area contributed by atoms with E-state index in [1.54, 1.807) is 48.3 Å². The highest BCUT2D eigenvalue weighted by Gasteiger charge is 2.18. The zero-order valence-electron chi connectivity index (χ0n) is 14.7. The maximum absolute atomic E-state index is 12.9. The van der Waals surface area contributed by atoms with Crippen LogP contribution in [0.4, 0.5) is 5.69 Å². The van der Waals surface area contributed by atoms with E-state index in [1.165, 1.54) is 6.26 Å². The van der Waals surface area contributed by atoms with Crippen LogP contribution in [0.2, 0.25) is 0 Å². The van der Waals surface area contributed by atoms with Crippen LogP contribution in [0.5, 0.6) is 0 Å². The van der Waals surface area contributed by atoms with E-state index in [9.17, 15) is 9.59 Å². The first-order valence-electron chi connectivity index (χ1n) is 8.30. The predicted molar refractivity (Wildman–Crippen MR) is 100 cm³/mol. The van der Waals surface area contributed by atoms with E-state index >= 15 is 0 Å². The lowest BCUT2D eigenvalue weighted by Crippen LogP contribution is -2.27.